The van der Waals surface area contributed by atoms with Gasteiger partial charge >= 0.3 is 0 Å². The Bertz CT molecular complexity index is 852. The topological polar surface area (TPSA) is 62.3 Å². The van der Waals surface area contributed by atoms with Gasteiger partial charge < -0.3 is 14.8 Å². The fraction of sp³-hybridized carbons (Fsp3) is 0.105. The van der Waals surface area contributed by atoms with Crippen LogP contribution in [0.3, 0.4) is 0 Å². The molecule has 0 fully saturated rings. The molecular formula is C19H17NO3. The number of hydrogen-bond donors (Lipinski definition) is 2. The summed E-state index contributed by atoms with van der Waals surface area (Å²) >= 11 is 0. The van der Waals surface area contributed by atoms with Crippen molar-refractivity contribution in [2.75, 3.05) is 0 Å². The van der Waals surface area contributed by atoms with Crippen molar-refractivity contribution >= 4 is 0 Å². The van der Waals surface area contributed by atoms with E-state index in [1.54, 1.807) is 13.0 Å². The maximum Gasteiger partial charge on any atom is 0.290 e. The van der Waals surface area contributed by atoms with Crippen LogP contribution in [0.4, 0.5) is 0 Å². The molecule has 4 heteroatoms. The van der Waals surface area contributed by atoms with Gasteiger partial charge in [0, 0.05) is 0 Å². The molecule has 116 valence electrons. The summed E-state index contributed by atoms with van der Waals surface area (Å²) in [5, 5.41) is 9.47. The number of pyridine rings is 1. The van der Waals surface area contributed by atoms with Crippen LogP contribution in [-0.4, -0.2) is 10.1 Å². The predicted molar refractivity (Wildman–Crippen MR) is 89.7 cm³/mol. The van der Waals surface area contributed by atoms with Crippen LogP contribution in [0.25, 0.3) is 11.1 Å². The zero-order chi connectivity index (χ0) is 16.2. The lowest BCUT2D eigenvalue weighted by molar-refractivity contribution is 0.300. The molecule has 0 radical (unpaired) electrons. The molecule has 3 rings (SSSR count). The quantitative estimate of drug-likeness (QED) is 0.773. The molecule has 0 aliphatic rings. The lowest BCUT2D eigenvalue weighted by Crippen LogP contribution is -2.11. The Hall–Kier alpha value is -3.01. The standard InChI is InChI=1S/C19H17NO3/c1-13-11-16(20-19(22)18(13)21)12-23-17-9-7-15(8-10-17)14-5-3-2-4-6-14/h2-11,21H,12H2,1H3,(H,20,22). The van der Waals surface area contributed by atoms with E-state index in [-0.39, 0.29) is 12.4 Å². The average molecular weight is 307 g/mol. The van der Waals surface area contributed by atoms with E-state index in [0.717, 1.165) is 16.9 Å². The first-order valence-corrected chi connectivity index (χ1v) is 7.33. The summed E-state index contributed by atoms with van der Waals surface area (Å²) in [6, 6.07) is 19.6. The molecule has 0 aliphatic heterocycles. The highest BCUT2D eigenvalue weighted by atomic mass is 16.5. The van der Waals surface area contributed by atoms with E-state index in [1.807, 2.05) is 42.5 Å². The van der Waals surface area contributed by atoms with Crippen LogP contribution in [0.15, 0.2) is 65.5 Å². The van der Waals surface area contributed by atoms with E-state index in [9.17, 15) is 9.90 Å². The number of rotatable bonds is 4. The van der Waals surface area contributed by atoms with Crippen molar-refractivity contribution in [3.05, 3.63) is 82.3 Å². The van der Waals surface area contributed by atoms with Crippen LogP contribution in [0, 0.1) is 6.92 Å². The third kappa shape index (κ3) is 3.43. The highest BCUT2D eigenvalue weighted by Crippen LogP contribution is 2.22. The second kappa shape index (κ2) is 6.40. The maximum atomic E-state index is 11.5. The second-order valence-electron chi connectivity index (χ2n) is 5.33. The van der Waals surface area contributed by atoms with Crippen LogP contribution in [0.5, 0.6) is 11.5 Å². The van der Waals surface area contributed by atoms with Gasteiger partial charge in [-0.3, -0.25) is 4.79 Å². The molecule has 0 atom stereocenters. The Balaban J connectivity index is 1.71. The SMILES string of the molecule is Cc1cc(COc2ccc(-c3ccccc3)cc2)[nH]c(=O)c1O. The van der Waals surface area contributed by atoms with E-state index < -0.39 is 5.56 Å². The van der Waals surface area contributed by atoms with Crippen LogP contribution in [-0.2, 0) is 6.61 Å². The smallest absolute Gasteiger partial charge is 0.290 e. The van der Waals surface area contributed by atoms with Crippen LogP contribution in [0.2, 0.25) is 0 Å². The first-order valence-electron chi connectivity index (χ1n) is 7.33. The van der Waals surface area contributed by atoms with Crippen molar-refractivity contribution in [1.82, 2.24) is 4.98 Å². The molecule has 0 saturated heterocycles. The molecule has 2 N–H and O–H groups in total. The first kappa shape index (κ1) is 14.9. The summed E-state index contributed by atoms with van der Waals surface area (Å²) in [6.45, 7) is 1.92. The molecule has 1 heterocycles. The summed E-state index contributed by atoms with van der Waals surface area (Å²) in [7, 11) is 0. The Morgan fingerprint density at radius 1 is 1.00 bits per heavy atom. The molecule has 3 aromatic rings. The van der Waals surface area contributed by atoms with Gasteiger partial charge in [-0.05, 0) is 41.8 Å². The normalized spacial score (nSPS) is 10.5. The Morgan fingerprint density at radius 3 is 2.30 bits per heavy atom. The van der Waals surface area contributed by atoms with Gasteiger partial charge in [0.15, 0.2) is 5.75 Å². The number of aromatic hydroxyl groups is 1. The Labute approximate surface area is 134 Å². The molecule has 0 aliphatic carbocycles. The Morgan fingerprint density at radius 2 is 1.65 bits per heavy atom. The molecule has 0 bridgehead atoms. The van der Waals surface area contributed by atoms with Gasteiger partial charge in [-0.25, -0.2) is 0 Å². The van der Waals surface area contributed by atoms with Crippen molar-refractivity contribution in [2.24, 2.45) is 0 Å². The fourth-order valence-corrected chi connectivity index (χ4v) is 2.36. The number of aromatic amines is 1. The minimum Gasteiger partial charge on any atom is -0.503 e. The number of nitrogens with one attached hydrogen (secondary N) is 1. The highest BCUT2D eigenvalue weighted by molar-refractivity contribution is 5.63. The van der Waals surface area contributed by atoms with Crippen LogP contribution >= 0.6 is 0 Å². The third-order valence-electron chi connectivity index (χ3n) is 3.61. The van der Waals surface area contributed by atoms with Crippen molar-refractivity contribution in [3.8, 4) is 22.6 Å². The second-order valence-corrected chi connectivity index (χ2v) is 5.33. The van der Waals surface area contributed by atoms with E-state index >= 15 is 0 Å². The Kier molecular flexibility index (Phi) is 4.15. The zero-order valence-corrected chi connectivity index (χ0v) is 12.7. The molecule has 23 heavy (non-hydrogen) atoms. The first-order chi connectivity index (χ1) is 11.1. The van der Waals surface area contributed by atoms with E-state index in [4.69, 9.17) is 4.74 Å². The van der Waals surface area contributed by atoms with Gasteiger partial charge in [0.2, 0.25) is 0 Å². The minimum atomic E-state index is -0.497. The number of ether oxygens (including phenoxy) is 1. The van der Waals surface area contributed by atoms with Crippen molar-refractivity contribution in [2.45, 2.75) is 13.5 Å². The lowest BCUT2D eigenvalue weighted by atomic mass is 10.1. The lowest BCUT2D eigenvalue weighted by Gasteiger charge is -2.08. The number of aryl methyl sites for hydroxylation is 1. The molecule has 0 amide bonds. The summed E-state index contributed by atoms with van der Waals surface area (Å²) < 4.78 is 5.68. The van der Waals surface area contributed by atoms with Crippen molar-refractivity contribution in [1.29, 1.82) is 0 Å². The van der Waals surface area contributed by atoms with E-state index in [1.165, 1.54) is 0 Å². The van der Waals surface area contributed by atoms with E-state index in [2.05, 4.69) is 17.1 Å². The average Bonchev–Trinajstić information content (AvgIpc) is 2.59. The zero-order valence-electron chi connectivity index (χ0n) is 12.7. The molecule has 2 aromatic carbocycles. The molecule has 1 aromatic heterocycles. The predicted octanol–water partition coefficient (Wildman–Crippen LogP) is 3.63. The molecular weight excluding hydrogens is 290 g/mol. The number of H-pyrrole nitrogens is 1. The van der Waals surface area contributed by atoms with E-state index in [0.29, 0.717) is 11.3 Å². The minimum absolute atomic E-state index is 0.237. The summed E-state index contributed by atoms with van der Waals surface area (Å²) in [6.07, 6.45) is 0. The summed E-state index contributed by atoms with van der Waals surface area (Å²) in [5.41, 5.74) is 2.93. The summed E-state index contributed by atoms with van der Waals surface area (Å²) in [4.78, 5) is 14.1. The maximum absolute atomic E-state index is 11.5. The number of benzene rings is 2. The third-order valence-corrected chi connectivity index (χ3v) is 3.61. The molecule has 0 unspecified atom stereocenters. The van der Waals surface area contributed by atoms with Gasteiger partial charge in [0.1, 0.15) is 12.4 Å². The summed E-state index contributed by atoms with van der Waals surface area (Å²) in [5.74, 6) is 0.470. The number of hydrogen-bond acceptors (Lipinski definition) is 3. The number of aromatic nitrogens is 1. The largest absolute Gasteiger partial charge is 0.503 e. The van der Waals surface area contributed by atoms with Gasteiger partial charge in [0.25, 0.3) is 5.56 Å². The van der Waals surface area contributed by atoms with Gasteiger partial charge in [-0.2, -0.15) is 0 Å². The van der Waals surface area contributed by atoms with Gasteiger partial charge in [-0.15, -0.1) is 0 Å². The molecule has 0 saturated carbocycles. The highest BCUT2D eigenvalue weighted by Gasteiger charge is 2.05. The van der Waals surface area contributed by atoms with Crippen molar-refractivity contribution < 1.29 is 9.84 Å². The van der Waals surface area contributed by atoms with Gasteiger partial charge in [0.05, 0.1) is 5.69 Å². The van der Waals surface area contributed by atoms with Crippen molar-refractivity contribution in [3.63, 3.8) is 0 Å². The van der Waals surface area contributed by atoms with Crippen LogP contribution < -0.4 is 10.3 Å². The molecule has 0 spiro atoms. The van der Waals surface area contributed by atoms with Crippen LogP contribution in [0.1, 0.15) is 11.3 Å². The molecule has 4 nitrogen and oxygen atoms in total. The van der Waals surface area contributed by atoms with Gasteiger partial charge in [-0.1, -0.05) is 42.5 Å². The monoisotopic (exact) mass is 307 g/mol. The fourth-order valence-electron chi connectivity index (χ4n) is 2.36.